The number of hydrogen-bond donors (Lipinski definition) is 0. The van der Waals surface area contributed by atoms with Crippen molar-refractivity contribution in [2.75, 3.05) is 0 Å². The molecule has 2 rings (SSSR count). The molecule has 2 aromatic rings. The Hall–Kier alpha value is -2.48. The van der Waals surface area contributed by atoms with E-state index in [1.165, 1.54) is 24.4 Å². The Morgan fingerprint density at radius 1 is 1.29 bits per heavy atom. The van der Waals surface area contributed by atoms with Crippen LogP contribution in [0.15, 0.2) is 35.0 Å². The zero-order chi connectivity index (χ0) is 12.3. The standard InChI is InChI=1S/C12H6F2N2O/c13-10-2-1-8(6-11(10)14)5-9(7-15)12-3-4-16-17-12/h1-6H. The molecule has 1 aromatic heterocycles. The van der Waals surface area contributed by atoms with Gasteiger partial charge in [0.25, 0.3) is 0 Å². The van der Waals surface area contributed by atoms with Gasteiger partial charge in [-0.05, 0) is 23.8 Å². The molecular formula is C12H6F2N2O. The van der Waals surface area contributed by atoms with Gasteiger partial charge in [0.05, 0.1) is 11.8 Å². The normalized spacial score (nSPS) is 11.2. The molecule has 0 bridgehead atoms. The summed E-state index contributed by atoms with van der Waals surface area (Å²) in [6.45, 7) is 0. The molecule has 0 saturated carbocycles. The van der Waals surface area contributed by atoms with Crippen LogP contribution in [0.5, 0.6) is 0 Å². The molecule has 1 aromatic carbocycles. The van der Waals surface area contributed by atoms with E-state index in [0.717, 1.165) is 12.1 Å². The molecular weight excluding hydrogens is 226 g/mol. The fourth-order valence-electron chi connectivity index (χ4n) is 1.28. The van der Waals surface area contributed by atoms with Gasteiger partial charge in [-0.3, -0.25) is 0 Å². The van der Waals surface area contributed by atoms with Gasteiger partial charge in [0.1, 0.15) is 6.07 Å². The first-order chi connectivity index (χ1) is 8.20. The van der Waals surface area contributed by atoms with E-state index in [1.807, 2.05) is 6.07 Å². The highest BCUT2D eigenvalue weighted by Crippen LogP contribution is 2.18. The van der Waals surface area contributed by atoms with E-state index >= 15 is 0 Å². The van der Waals surface area contributed by atoms with Gasteiger partial charge >= 0.3 is 0 Å². The molecule has 1 heterocycles. The number of hydrogen-bond acceptors (Lipinski definition) is 3. The van der Waals surface area contributed by atoms with Crippen molar-refractivity contribution in [3.63, 3.8) is 0 Å². The smallest absolute Gasteiger partial charge is 0.177 e. The van der Waals surface area contributed by atoms with Gasteiger partial charge < -0.3 is 4.52 Å². The van der Waals surface area contributed by atoms with Gasteiger partial charge in [-0.2, -0.15) is 5.26 Å². The van der Waals surface area contributed by atoms with Crippen LogP contribution >= 0.6 is 0 Å². The summed E-state index contributed by atoms with van der Waals surface area (Å²) in [5, 5.41) is 12.4. The van der Waals surface area contributed by atoms with Crippen LogP contribution in [0.2, 0.25) is 0 Å². The van der Waals surface area contributed by atoms with Crippen LogP contribution in [-0.4, -0.2) is 5.16 Å². The van der Waals surface area contributed by atoms with E-state index in [9.17, 15) is 8.78 Å². The van der Waals surface area contributed by atoms with Gasteiger partial charge in [-0.1, -0.05) is 11.2 Å². The first-order valence-electron chi connectivity index (χ1n) is 4.68. The Kier molecular flexibility index (Phi) is 2.97. The van der Waals surface area contributed by atoms with Crippen LogP contribution in [0.25, 0.3) is 11.6 Å². The van der Waals surface area contributed by atoms with Crippen LogP contribution in [0.3, 0.4) is 0 Å². The molecule has 0 aliphatic carbocycles. The van der Waals surface area contributed by atoms with Gasteiger partial charge in [0.15, 0.2) is 17.4 Å². The Labute approximate surface area is 95.6 Å². The second-order valence-corrected chi connectivity index (χ2v) is 3.22. The number of nitriles is 1. The van der Waals surface area contributed by atoms with Crippen molar-refractivity contribution in [3.05, 3.63) is 53.4 Å². The number of allylic oxidation sites excluding steroid dienone is 1. The SMILES string of the molecule is N#CC(=Cc1ccc(F)c(F)c1)c1ccno1. The highest BCUT2D eigenvalue weighted by molar-refractivity contribution is 5.87. The van der Waals surface area contributed by atoms with Crippen molar-refractivity contribution >= 4 is 11.6 Å². The van der Waals surface area contributed by atoms with Crippen molar-refractivity contribution in [2.45, 2.75) is 0 Å². The average molecular weight is 232 g/mol. The molecule has 0 fully saturated rings. The number of rotatable bonds is 2. The van der Waals surface area contributed by atoms with E-state index in [2.05, 4.69) is 5.16 Å². The third kappa shape index (κ3) is 2.37. The first kappa shape index (κ1) is 11.0. The van der Waals surface area contributed by atoms with Crippen molar-refractivity contribution in [2.24, 2.45) is 0 Å². The topological polar surface area (TPSA) is 49.8 Å². The predicted octanol–water partition coefficient (Wildman–Crippen LogP) is 3.02. The van der Waals surface area contributed by atoms with E-state index in [4.69, 9.17) is 9.78 Å². The maximum atomic E-state index is 13.0. The zero-order valence-electron chi connectivity index (χ0n) is 8.52. The van der Waals surface area contributed by atoms with Crippen molar-refractivity contribution in [1.82, 2.24) is 5.16 Å². The second kappa shape index (κ2) is 4.58. The average Bonchev–Trinajstić information content (AvgIpc) is 2.84. The van der Waals surface area contributed by atoms with Crippen LogP contribution in [0.4, 0.5) is 8.78 Å². The maximum Gasteiger partial charge on any atom is 0.177 e. The second-order valence-electron chi connectivity index (χ2n) is 3.22. The minimum absolute atomic E-state index is 0.188. The summed E-state index contributed by atoms with van der Waals surface area (Å²) >= 11 is 0. The van der Waals surface area contributed by atoms with Crippen LogP contribution < -0.4 is 0 Å². The van der Waals surface area contributed by atoms with Gasteiger partial charge in [0, 0.05) is 6.07 Å². The molecule has 0 atom stereocenters. The maximum absolute atomic E-state index is 13.0. The summed E-state index contributed by atoms with van der Waals surface area (Å²) in [7, 11) is 0. The molecule has 0 radical (unpaired) electrons. The molecule has 0 unspecified atom stereocenters. The first-order valence-corrected chi connectivity index (χ1v) is 4.68. The number of aromatic nitrogens is 1. The largest absolute Gasteiger partial charge is 0.356 e. The highest BCUT2D eigenvalue weighted by atomic mass is 19.2. The van der Waals surface area contributed by atoms with Gasteiger partial charge in [-0.15, -0.1) is 0 Å². The lowest BCUT2D eigenvalue weighted by atomic mass is 10.1. The Morgan fingerprint density at radius 2 is 2.12 bits per heavy atom. The van der Waals surface area contributed by atoms with Crippen molar-refractivity contribution < 1.29 is 13.3 Å². The summed E-state index contributed by atoms with van der Waals surface area (Å²) in [6.07, 6.45) is 2.79. The molecule has 0 aliphatic rings. The van der Waals surface area contributed by atoms with Gasteiger partial charge in [0.2, 0.25) is 0 Å². The molecule has 0 spiro atoms. The molecule has 0 amide bonds. The summed E-state index contributed by atoms with van der Waals surface area (Å²) in [5.74, 6) is -1.62. The number of benzene rings is 1. The lowest BCUT2D eigenvalue weighted by molar-refractivity contribution is 0.411. The van der Waals surface area contributed by atoms with E-state index < -0.39 is 11.6 Å². The quantitative estimate of drug-likeness (QED) is 0.748. The minimum atomic E-state index is -0.964. The third-order valence-electron chi connectivity index (χ3n) is 2.08. The zero-order valence-corrected chi connectivity index (χ0v) is 8.52. The van der Waals surface area contributed by atoms with Crippen LogP contribution in [0, 0.1) is 23.0 Å². The summed E-state index contributed by atoms with van der Waals surface area (Å²) in [4.78, 5) is 0. The Bertz CT molecular complexity index is 597. The Morgan fingerprint density at radius 3 is 2.71 bits per heavy atom. The molecule has 0 aliphatic heterocycles. The third-order valence-corrected chi connectivity index (χ3v) is 2.08. The fourth-order valence-corrected chi connectivity index (χ4v) is 1.28. The van der Waals surface area contributed by atoms with Crippen LogP contribution in [-0.2, 0) is 0 Å². The molecule has 0 saturated heterocycles. The monoisotopic (exact) mass is 232 g/mol. The van der Waals surface area contributed by atoms with E-state index in [-0.39, 0.29) is 11.3 Å². The minimum Gasteiger partial charge on any atom is -0.356 e. The fraction of sp³-hybridized carbons (Fsp3) is 0. The lowest BCUT2D eigenvalue weighted by Gasteiger charge is -1.96. The van der Waals surface area contributed by atoms with Crippen molar-refractivity contribution in [1.29, 1.82) is 5.26 Å². The lowest BCUT2D eigenvalue weighted by Crippen LogP contribution is -1.85. The molecule has 5 heteroatoms. The molecule has 3 nitrogen and oxygen atoms in total. The molecule has 84 valence electrons. The molecule has 17 heavy (non-hydrogen) atoms. The highest BCUT2D eigenvalue weighted by Gasteiger charge is 2.06. The van der Waals surface area contributed by atoms with E-state index in [0.29, 0.717) is 5.56 Å². The summed E-state index contributed by atoms with van der Waals surface area (Å²) in [5.41, 5.74) is 0.561. The number of nitrogens with zero attached hydrogens (tertiary/aromatic N) is 2. The van der Waals surface area contributed by atoms with Crippen LogP contribution in [0.1, 0.15) is 11.3 Å². The van der Waals surface area contributed by atoms with Crippen molar-refractivity contribution in [3.8, 4) is 6.07 Å². The van der Waals surface area contributed by atoms with E-state index in [1.54, 1.807) is 0 Å². The molecule has 0 N–H and O–H groups in total. The summed E-state index contributed by atoms with van der Waals surface area (Å²) < 4.78 is 30.5. The summed E-state index contributed by atoms with van der Waals surface area (Å²) in [6, 6.07) is 6.77. The predicted molar refractivity (Wildman–Crippen MR) is 56.3 cm³/mol. The Balaban J connectivity index is 2.41. The number of halogens is 2. The van der Waals surface area contributed by atoms with Gasteiger partial charge in [-0.25, -0.2) is 8.78 Å².